The van der Waals surface area contributed by atoms with Crippen molar-refractivity contribution in [1.82, 2.24) is 0 Å². The Labute approximate surface area is 144 Å². The maximum absolute atomic E-state index is 12.0. The summed E-state index contributed by atoms with van der Waals surface area (Å²) >= 11 is 11.9. The first kappa shape index (κ1) is 17.4. The lowest BCUT2D eigenvalue weighted by Crippen LogP contribution is -2.35. The lowest BCUT2D eigenvalue weighted by Gasteiger charge is -2.18. The van der Waals surface area contributed by atoms with Crippen molar-refractivity contribution in [2.24, 2.45) is 0 Å². The van der Waals surface area contributed by atoms with Crippen molar-refractivity contribution in [1.29, 1.82) is 0 Å². The van der Waals surface area contributed by atoms with Crippen molar-refractivity contribution in [3.63, 3.8) is 0 Å². The van der Waals surface area contributed by atoms with Gasteiger partial charge in [0.15, 0.2) is 0 Å². The number of ether oxygens (including phenoxy) is 3. The Morgan fingerprint density at radius 3 is 2.52 bits per heavy atom. The van der Waals surface area contributed by atoms with Gasteiger partial charge in [-0.3, -0.25) is 0 Å². The maximum Gasteiger partial charge on any atom is 0.350 e. The van der Waals surface area contributed by atoms with Gasteiger partial charge in [-0.25, -0.2) is 4.79 Å². The normalized spacial score (nSPS) is 11.6. The second kappa shape index (κ2) is 8.65. The molecule has 0 heterocycles. The highest BCUT2D eigenvalue weighted by atomic mass is 35.5. The molecule has 0 amide bonds. The van der Waals surface area contributed by atoms with E-state index in [9.17, 15) is 4.79 Å². The van der Waals surface area contributed by atoms with E-state index in [-0.39, 0.29) is 13.2 Å². The first-order valence-electron chi connectivity index (χ1n) is 7.06. The van der Waals surface area contributed by atoms with Gasteiger partial charge in [0.1, 0.15) is 18.1 Å². The van der Waals surface area contributed by atoms with Crippen LogP contribution in [0.4, 0.5) is 0 Å². The van der Waals surface area contributed by atoms with E-state index in [1.807, 2.05) is 18.2 Å². The monoisotopic (exact) mass is 354 g/mol. The quantitative estimate of drug-likeness (QED) is 0.692. The number of benzene rings is 2. The molecule has 0 fully saturated rings. The Kier molecular flexibility index (Phi) is 6.56. The number of esters is 1. The number of hydrogen-bond donors (Lipinski definition) is 0. The van der Waals surface area contributed by atoms with E-state index in [1.54, 1.807) is 37.3 Å². The molecule has 0 aliphatic rings. The van der Waals surface area contributed by atoms with Crippen LogP contribution >= 0.6 is 23.2 Å². The molecule has 23 heavy (non-hydrogen) atoms. The molecule has 0 aromatic heterocycles. The summed E-state index contributed by atoms with van der Waals surface area (Å²) in [7, 11) is 0. The summed E-state index contributed by atoms with van der Waals surface area (Å²) < 4.78 is 16.2. The summed E-state index contributed by atoms with van der Waals surface area (Å²) in [4.78, 5) is 12.0. The smallest absolute Gasteiger partial charge is 0.350 e. The minimum atomic E-state index is -0.899. The van der Waals surface area contributed by atoms with Crippen LogP contribution in [0.25, 0.3) is 0 Å². The van der Waals surface area contributed by atoms with Gasteiger partial charge in [0, 0.05) is 5.02 Å². The van der Waals surface area contributed by atoms with Crippen LogP contribution in [-0.2, 0) is 9.53 Å². The largest absolute Gasteiger partial charge is 0.488 e. The highest BCUT2D eigenvalue weighted by Crippen LogP contribution is 2.27. The van der Waals surface area contributed by atoms with Crippen molar-refractivity contribution < 1.29 is 19.0 Å². The van der Waals surface area contributed by atoms with Gasteiger partial charge < -0.3 is 14.2 Å². The second-order valence-corrected chi connectivity index (χ2v) is 5.40. The van der Waals surface area contributed by atoms with E-state index in [0.717, 1.165) is 0 Å². The third-order valence-corrected chi connectivity index (χ3v) is 3.39. The van der Waals surface area contributed by atoms with Crippen molar-refractivity contribution in [2.75, 3.05) is 13.2 Å². The summed E-state index contributed by atoms with van der Waals surface area (Å²) in [5.41, 5.74) is 0. The van der Waals surface area contributed by atoms with Crippen LogP contribution in [0.5, 0.6) is 11.5 Å². The lowest BCUT2D eigenvalue weighted by atomic mass is 10.3. The average Bonchev–Trinajstić information content (AvgIpc) is 2.54. The summed E-state index contributed by atoms with van der Waals surface area (Å²) in [5, 5.41) is 0.865. The minimum Gasteiger partial charge on any atom is -0.488 e. The molecule has 0 saturated carbocycles. The topological polar surface area (TPSA) is 44.8 Å². The molecule has 2 rings (SSSR count). The van der Waals surface area contributed by atoms with E-state index < -0.39 is 12.1 Å². The molecule has 122 valence electrons. The van der Waals surface area contributed by atoms with E-state index in [2.05, 4.69) is 0 Å². The van der Waals surface area contributed by atoms with Gasteiger partial charge in [-0.15, -0.1) is 0 Å². The molecule has 0 bridgehead atoms. The third-order valence-electron chi connectivity index (χ3n) is 2.86. The Morgan fingerprint density at radius 2 is 1.87 bits per heavy atom. The number of hydrogen-bond acceptors (Lipinski definition) is 4. The fourth-order valence-electron chi connectivity index (χ4n) is 1.81. The van der Waals surface area contributed by atoms with Gasteiger partial charge in [-0.05, 0) is 37.3 Å². The van der Waals surface area contributed by atoms with Crippen molar-refractivity contribution in [2.45, 2.75) is 13.0 Å². The molecule has 0 N–H and O–H groups in total. The molecule has 1 unspecified atom stereocenters. The third kappa shape index (κ3) is 5.34. The van der Waals surface area contributed by atoms with Crippen molar-refractivity contribution >= 4 is 29.2 Å². The minimum absolute atomic E-state index is 0.0327. The highest BCUT2D eigenvalue weighted by Gasteiger charge is 2.23. The van der Waals surface area contributed by atoms with Gasteiger partial charge in [0.2, 0.25) is 6.10 Å². The first-order valence-corrected chi connectivity index (χ1v) is 7.82. The first-order chi connectivity index (χ1) is 11.1. The second-order valence-electron chi connectivity index (χ2n) is 4.56. The molecule has 6 heteroatoms. The molecule has 0 aliphatic heterocycles. The number of para-hydroxylation sites is 1. The predicted octanol–water partition coefficient (Wildman–Crippen LogP) is 4.38. The fraction of sp³-hybridized carbons (Fsp3) is 0.235. The summed E-state index contributed by atoms with van der Waals surface area (Å²) in [6.45, 7) is 1.96. The highest BCUT2D eigenvalue weighted by molar-refractivity contribution is 6.35. The zero-order chi connectivity index (χ0) is 16.7. The van der Waals surface area contributed by atoms with E-state index in [1.165, 1.54) is 0 Å². The number of carbonyl (C=O) groups is 1. The van der Waals surface area contributed by atoms with Crippen LogP contribution in [0.3, 0.4) is 0 Å². The number of halogens is 2. The summed E-state index contributed by atoms with van der Waals surface area (Å²) in [6, 6.07) is 13.8. The van der Waals surface area contributed by atoms with Gasteiger partial charge in [0.05, 0.1) is 11.6 Å². The molecule has 0 aliphatic carbocycles. The van der Waals surface area contributed by atoms with Crippen LogP contribution in [0.1, 0.15) is 6.92 Å². The summed E-state index contributed by atoms with van der Waals surface area (Å²) in [5.74, 6) is 0.472. The van der Waals surface area contributed by atoms with E-state index >= 15 is 0 Å². The van der Waals surface area contributed by atoms with Crippen LogP contribution in [0, 0.1) is 0 Å². The average molecular weight is 355 g/mol. The standard InChI is InChI=1S/C17H16Cl2O4/c1-2-21-17(20)16(23-13-6-4-3-5-7-13)11-22-15-9-8-12(18)10-14(15)19/h3-10,16H,2,11H2,1H3. The van der Waals surface area contributed by atoms with Crippen LogP contribution in [0.15, 0.2) is 48.5 Å². The van der Waals surface area contributed by atoms with Gasteiger partial charge in [-0.2, -0.15) is 0 Å². The molecular weight excluding hydrogens is 339 g/mol. The van der Waals surface area contributed by atoms with Crippen LogP contribution in [0.2, 0.25) is 10.0 Å². The number of carbonyl (C=O) groups excluding carboxylic acids is 1. The predicted molar refractivity (Wildman–Crippen MR) is 89.4 cm³/mol. The maximum atomic E-state index is 12.0. The SMILES string of the molecule is CCOC(=O)C(COc1ccc(Cl)cc1Cl)Oc1ccccc1. The zero-order valence-corrected chi connectivity index (χ0v) is 14.0. The Balaban J connectivity index is 2.06. The molecule has 1 atom stereocenters. The molecule has 4 nitrogen and oxygen atoms in total. The number of rotatable bonds is 7. The molecule has 0 spiro atoms. The molecule has 0 radical (unpaired) electrons. The van der Waals surface area contributed by atoms with Gasteiger partial charge in [0.25, 0.3) is 0 Å². The van der Waals surface area contributed by atoms with Gasteiger partial charge >= 0.3 is 5.97 Å². The van der Waals surface area contributed by atoms with Crippen molar-refractivity contribution in [3.05, 3.63) is 58.6 Å². The van der Waals surface area contributed by atoms with E-state index in [0.29, 0.717) is 21.5 Å². The van der Waals surface area contributed by atoms with E-state index in [4.69, 9.17) is 37.4 Å². The lowest BCUT2D eigenvalue weighted by molar-refractivity contribution is -0.152. The van der Waals surface area contributed by atoms with Crippen LogP contribution in [-0.4, -0.2) is 25.3 Å². The van der Waals surface area contributed by atoms with Gasteiger partial charge in [-0.1, -0.05) is 41.4 Å². The molecule has 2 aromatic rings. The Morgan fingerprint density at radius 1 is 1.13 bits per heavy atom. The molecule has 0 saturated heterocycles. The fourth-order valence-corrected chi connectivity index (χ4v) is 2.27. The Hall–Kier alpha value is -1.91. The Bertz CT molecular complexity index is 646. The van der Waals surface area contributed by atoms with Crippen molar-refractivity contribution in [3.8, 4) is 11.5 Å². The summed E-state index contributed by atoms with van der Waals surface area (Å²) in [6.07, 6.45) is -0.899. The van der Waals surface area contributed by atoms with Crippen LogP contribution < -0.4 is 9.47 Å². The zero-order valence-electron chi connectivity index (χ0n) is 12.5. The molecular formula is C17H16Cl2O4. The molecule has 2 aromatic carbocycles.